The number of fused-ring (bicyclic) bond motifs is 1. The maximum Gasteiger partial charge on any atom is 0.137 e. The smallest absolute Gasteiger partial charge is 0.137 e. The number of nitrogens with two attached hydrogens (primary N) is 1. The fraction of sp³-hybridized carbons (Fsp3) is 0.200. The second-order valence-corrected chi connectivity index (χ2v) is 3.06. The summed E-state index contributed by atoms with van der Waals surface area (Å²) in [4.78, 5) is 0. The fourth-order valence-electron chi connectivity index (χ4n) is 1.48. The van der Waals surface area contributed by atoms with Crippen LogP contribution in [0.5, 0.6) is 0 Å². The monoisotopic (exact) mass is 179 g/mol. The molecule has 0 aliphatic heterocycles. The van der Waals surface area contributed by atoms with E-state index in [-0.39, 0.29) is 5.82 Å². The van der Waals surface area contributed by atoms with Crippen LogP contribution in [-0.4, -0.2) is 0 Å². The number of hydrogen-bond acceptors (Lipinski definition) is 2. The highest BCUT2D eigenvalue weighted by Gasteiger charge is 2.08. The lowest BCUT2D eigenvalue weighted by Gasteiger charge is -1.96. The predicted molar refractivity (Wildman–Crippen MR) is 48.8 cm³/mol. The van der Waals surface area contributed by atoms with Crippen LogP contribution in [0.1, 0.15) is 11.1 Å². The molecule has 0 aliphatic rings. The molecule has 0 aliphatic carbocycles. The van der Waals surface area contributed by atoms with Crippen LogP contribution in [-0.2, 0) is 6.54 Å². The first-order chi connectivity index (χ1) is 6.22. The topological polar surface area (TPSA) is 39.2 Å². The number of furan rings is 1. The maximum absolute atomic E-state index is 13.0. The van der Waals surface area contributed by atoms with Gasteiger partial charge in [-0.05, 0) is 24.6 Å². The summed E-state index contributed by atoms with van der Waals surface area (Å²) < 4.78 is 18.3. The molecule has 13 heavy (non-hydrogen) atoms. The third-order valence-corrected chi connectivity index (χ3v) is 2.12. The van der Waals surface area contributed by atoms with Crippen molar-refractivity contribution < 1.29 is 8.81 Å². The van der Waals surface area contributed by atoms with Crippen molar-refractivity contribution in [2.75, 3.05) is 0 Å². The lowest BCUT2D eigenvalue weighted by atomic mass is 10.1. The van der Waals surface area contributed by atoms with Gasteiger partial charge in [-0.3, -0.25) is 0 Å². The number of benzene rings is 1. The van der Waals surface area contributed by atoms with E-state index in [1.165, 1.54) is 12.1 Å². The van der Waals surface area contributed by atoms with Crippen LogP contribution in [0, 0.1) is 12.7 Å². The van der Waals surface area contributed by atoms with Crippen LogP contribution in [0.15, 0.2) is 22.8 Å². The molecule has 1 aromatic carbocycles. The Balaban J connectivity index is 2.82. The lowest BCUT2D eigenvalue weighted by Crippen LogP contribution is -1.94. The molecule has 0 radical (unpaired) electrons. The third kappa shape index (κ3) is 1.21. The van der Waals surface area contributed by atoms with Gasteiger partial charge in [-0.1, -0.05) is 0 Å². The molecule has 0 saturated heterocycles. The van der Waals surface area contributed by atoms with Gasteiger partial charge >= 0.3 is 0 Å². The van der Waals surface area contributed by atoms with Crippen molar-refractivity contribution >= 4 is 11.0 Å². The molecule has 0 spiro atoms. The summed E-state index contributed by atoms with van der Waals surface area (Å²) in [5.74, 6) is -0.249. The molecular weight excluding hydrogens is 169 g/mol. The fourth-order valence-corrected chi connectivity index (χ4v) is 1.48. The van der Waals surface area contributed by atoms with Gasteiger partial charge in [0.05, 0.1) is 6.26 Å². The number of rotatable bonds is 1. The molecule has 1 aromatic heterocycles. The molecule has 3 heteroatoms. The first kappa shape index (κ1) is 8.26. The highest BCUT2D eigenvalue weighted by atomic mass is 19.1. The Kier molecular flexibility index (Phi) is 1.81. The predicted octanol–water partition coefficient (Wildman–Crippen LogP) is 2.34. The third-order valence-electron chi connectivity index (χ3n) is 2.12. The minimum atomic E-state index is -0.249. The zero-order valence-corrected chi connectivity index (χ0v) is 7.30. The largest absolute Gasteiger partial charge is 0.464 e. The van der Waals surface area contributed by atoms with E-state index in [2.05, 4.69) is 0 Å². The molecule has 0 bridgehead atoms. The second-order valence-electron chi connectivity index (χ2n) is 3.06. The van der Waals surface area contributed by atoms with Gasteiger partial charge in [-0.2, -0.15) is 0 Å². The van der Waals surface area contributed by atoms with Gasteiger partial charge in [0.2, 0.25) is 0 Å². The van der Waals surface area contributed by atoms with E-state index in [0.29, 0.717) is 6.54 Å². The summed E-state index contributed by atoms with van der Waals surface area (Å²) in [7, 11) is 0. The molecule has 0 atom stereocenters. The maximum atomic E-state index is 13.0. The Bertz CT molecular complexity index is 447. The van der Waals surface area contributed by atoms with Gasteiger partial charge in [0.25, 0.3) is 0 Å². The van der Waals surface area contributed by atoms with E-state index < -0.39 is 0 Å². The van der Waals surface area contributed by atoms with Gasteiger partial charge in [-0.15, -0.1) is 0 Å². The summed E-state index contributed by atoms with van der Waals surface area (Å²) in [5.41, 5.74) is 7.85. The molecule has 2 rings (SSSR count). The Morgan fingerprint density at radius 1 is 1.46 bits per heavy atom. The van der Waals surface area contributed by atoms with Crippen molar-refractivity contribution in [2.45, 2.75) is 13.5 Å². The van der Waals surface area contributed by atoms with Crippen molar-refractivity contribution in [1.82, 2.24) is 0 Å². The van der Waals surface area contributed by atoms with Gasteiger partial charge in [-0.25, -0.2) is 4.39 Å². The Morgan fingerprint density at radius 2 is 2.23 bits per heavy atom. The zero-order chi connectivity index (χ0) is 9.42. The number of hydrogen-bond donors (Lipinski definition) is 1. The average molecular weight is 179 g/mol. The van der Waals surface area contributed by atoms with Crippen LogP contribution < -0.4 is 5.73 Å². The van der Waals surface area contributed by atoms with Crippen LogP contribution >= 0.6 is 0 Å². The Morgan fingerprint density at radius 3 is 2.92 bits per heavy atom. The molecule has 2 N–H and O–H groups in total. The number of aryl methyl sites for hydroxylation is 1. The Labute approximate surface area is 75.1 Å². The van der Waals surface area contributed by atoms with E-state index in [1.54, 1.807) is 6.26 Å². The first-order valence-electron chi connectivity index (χ1n) is 4.08. The van der Waals surface area contributed by atoms with Gasteiger partial charge in [0.15, 0.2) is 0 Å². The summed E-state index contributed by atoms with van der Waals surface area (Å²) in [5, 5.41) is 0.778. The van der Waals surface area contributed by atoms with Crippen molar-refractivity contribution in [3.05, 3.63) is 35.3 Å². The second kappa shape index (κ2) is 2.85. The quantitative estimate of drug-likeness (QED) is 0.729. The molecule has 0 fully saturated rings. The molecular formula is C10H10FNO. The summed E-state index contributed by atoms with van der Waals surface area (Å²) in [6.45, 7) is 2.19. The van der Waals surface area contributed by atoms with Gasteiger partial charge < -0.3 is 10.2 Å². The van der Waals surface area contributed by atoms with Crippen LogP contribution in [0.4, 0.5) is 4.39 Å². The molecule has 2 aromatic rings. The minimum absolute atomic E-state index is 0.249. The average Bonchev–Trinajstić information content (AvgIpc) is 2.47. The van der Waals surface area contributed by atoms with Crippen LogP contribution in [0.3, 0.4) is 0 Å². The molecule has 0 unspecified atom stereocenters. The zero-order valence-electron chi connectivity index (χ0n) is 7.30. The first-order valence-corrected chi connectivity index (χ1v) is 4.08. The van der Waals surface area contributed by atoms with Gasteiger partial charge in [0, 0.05) is 17.5 Å². The summed E-state index contributed by atoms with van der Waals surface area (Å²) in [6.07, 6.45) is 1.58. The van der Waals surface area contributed by atoms with Gasteiger partial charge in [0.1, 0.15) is 11.4 Å². The van der Waals surface area contributed by atoms with Crippen LogP contribution in [0.2, 0.25) is 0 Å². The van der Waals surface area contributed by atoms with Crippen molar-refractivity contribution in [3.8, 4) is 0 Å². The van der Waals surface area contributed by atoms with E-state index in [0.717, 1.165) is 22.1 Å². The standard InChI is InChI=1S/C10H10FNO/c1-6-2-8(11)3-9-7(4-12)5-13-10(6)9/h2-3,5H,4,12H2,1H3. The van der Waals surface area contributed by atoms with E-state index >= 15 is 0 Å². The van der Waals surface area contributed by atoms with Crippen molar-refractivity contribution in [1.29, 1.82) is 0 Å². The summed E-state index contributed by atoms with van der Waals surface area (Å²) in [6, 6.07) is 2.90. The molecule has 1 heterocycles. The number of halogens is 1. The lowest BCUT2D eigenvalue weighted by molar-refractivity contribution is 0.603. The molecule has 2 nitrogen and oxygen atoms in total. The van der Waals surface area contributed by atoms with E-state index in [4.69, 9.17) is 10.2 Å². The molecule has 0 amide bonds. The van der Waals surface area contributed by atoms with E-state index in [9.17, 15) is 4.39 Å². The normalized spacial score (nSPS) is 11.0. The van der Waals surface area contributed by atoms with Crippen LogP contribution in [0.25, 0.3) is 11.0 Å². The molecule has 0 saturated carbocycles. The minimum Gasteiger partial charge on any atom is -0.464 e. The van der Waals surface area contributed by atoms with Crippen molar-refractivity contribution in [3.63, 3.8) is 0 Å². The Hall–Kier alpha value is -1.35. The summed E-state index contributed by atoms with van der Waals surface area (Å²) >= 11 is 0. The SMILES string of the molecule is Cc1cc(F)cc2c(CN)coc12. The van der Waals surface area contributed by atoms with E-state index in [1.807, 2.05) is 6.92 Å². The molecule has 68 valence electrons. The highest BCUT2D eigenvalue weighted by Crippen LogP contribution is 2.24. The van der Waals surface area contributed by atoms with Crippen molar-refractivity contribution in [2.24, 2.45) is 5.73 Å². The highest BCUT2D eigenvalue weighted by molar-refractivity contribution is 5.83.